The van der Waals surface area contributed by atoms with E-state index < -0.39 is 19.1 Å². The number of hydrogen-bond acceptors (Lipinski definition) is 5. The molecule has 6 heteroatoms. The predicted octanol–water partition coefficient (Wildman–Crippen LogP) is 0.715. The van der Waals surface area contributed by atoms with Gasteiger partial charge in [0.2, 0.25) is 0 Å². The van der Waals surface area contributed by atoms with Crippen LogP contribution in [0, 0.1) is 0 Å². The Labute approximate surface area is 83.1 Å². The average molecular weight is 222 g/mol. The van der Waals surface area contributed by atoms with Gasteiger partial charge in [-0.15, -0.1) is 0 Å². The van der Waals surface area contributed by atoms with E-state index in [1.807, 2.05) is 0 Å². The molecule has 0 aliphatic heterocycles. The summed E-state index contributed by atoms with van der Waals surface area (Å²) in [7, 11) is -0.349. The van der Waals surface area contributed by atoms with Crippen molar-refractivity contribution in [1.29, 1.82) is 0 Å². The zero-order valence-electron chi connectivity index (χ0n) is 8.61. The topological polar surface area (TPSA) is 69.7 Å². The second-order valence-corrected chi connectivity index (χ2v) is 6.22. The highest BCUT2D eigenvalue weighted by molar-refractivity contribution is 7.65. The van der Waals surface area contributed by atoms with Gasteiger partial charge < -0.3 is 14.0 Å². The first kappa shape index (κ1) is 13.2. The van der Waals surface area contributed by atoms with Gasteiger partial charge in [0, 0.05) is 0 Å². The molecule has 0 saturated carbocycles. The molecule has 0 bridgehead atoms. The average Bonchev–Trinajstić information content (AvgIpc) is 2.17. The fourth-order valence-corrected chi connectivity index (χ4v) is 2.64. The summed E-state index contributed by atoms with van der Waals surface area (Å²) < 4.78 is 20.7. The molecule has 0 aromatic rings. The van der Waals surface area contributed by atoms with Crippen LogP contribution in [0.15, 0.2) is 0 Å². The second kappa shape index (κ2) is 5.81. The van der Waals surface area contributed by atoms with Gasteiger partial charge in [0.15, 0.2) is 0 Å². The van der Waals surface area contributed by atoms with Crippen molar-refractivity contribution in [3.63, 3.8) is 0 Å². The van der Waals surface area contributed by atoms with E-state index >= 15 is 0 Å². The van der Waals surface area contributed by atoms with Gasteiger partial charge in [-0.2, -0.15) is 0 Å². The minimum Gasteiger partial charge on any atom is -0.469 e. The molecule has 0 unspecified atom stereocenters. The minimum absolute atomic E-state index is 0.199. The van der Waals surface area contributed by atoms with Gasteiger partial charge in [0.05, 0.1) is 26.5 Å². The molecule has 0 aromatic heterocycles. The third-order valence-electron chi connectivity index (χ3n) is 1.87. The van der Waals surface area contributed by atoms with Gasteiger partial charge in [-0.25, -0.2) is 0 Å². The molecule has 0 radical (unpaired) electrons. The highest BCUT2D eigenvalue weighted by Gasteiger charge is 2.27. The van der Waals surface area contributed by atoms with Gasteiger partial charge >= 0.3 is 11.9 Å². The Morgan fingerprint density at radius 3 is 1.64 bits per heavy atom. The van der Waals surface area contributed by atoms with E-state index in [1.54, 1.807) is 6.92 Å². The molecule has 0 aliphatic carbocycles. The number of rotatable bonds is 5. The van der Waals surface area contributed by atoms with Crippen molar-refractivity contribution < 1.29 is 23.6 Å². The lowest BCUT2D eigenvalue weighted by molar-refractivity contribution is -0.137. The normalized spacial score (nSPS) is 10.8. The number of esters is 2. The van der Waals surface area contributed by atoms with Gasteiger partial charge in [0.25, 0.3) is 0 Å². The molecule has 0 aromatic carbocycles. The van der Waals surface area contributed by atoms with Crippen LogP contribution < -0.4 is 0 Å². The van der Waals surface area contributed by atoms with Gasteiger partial charge in [-0.1, -0.05) is 6.92 Å². The quantitative estimate of drug-likeness (QED) is 0.506. The Morgan fingerprint density at radius 1 is 1.07 bits per heavy atom. The van der Waals surface area contributed by atoms with E-state index in [-0.39, 0.29) is 18.5 Å². The molecular formula is C8H15O5P. The molecule has 14 heavy (non-hydrogen) atoms. The van der Waals surface area contributed by atoms with Crippen LogP contribution >= 0.6 is 7.14 Å². The van der Waals surface area contributed by atoms with Crippen LogP contribution in [0.25, 0.3) is 0 Å². The van der Waals surface area contributed by atoms with Crippen molar-refractivity contribution in [1.82, 2.24) is 0 Å². The maximum atomic E-state index is 11.9. The lowest BCUT2D eigenvalue weighted by Gasteiger charge is -2.13. The van der Waals surface area contributed by atoms with E-state index in [2.05, 4.69) is 9.47 Å². The van der Waals surface area contributed by atoms with Gasteiger partial charge in [-0.3, -0.25) is 9.59 Å². The Hall–Kier alpha value is -0.830. The standard InChI is InChI=1S/C8H15O5P/c1-4-14(11,5-7(9)12-2)6-8(10)13-3/h4-6H2,1-3H3. The maximum Gasteiger partial charge on any atom is 0.312 e. The van der Waals surface area contributed by atoms with Crippen molar-refractivity contribution >= 4 is 19.1 Å². The third-order valence-corrected chi connectivity index (χ3v) is 4.69. The zero-order chi connectivity index (χ0) is 11.2. The number of methoxy groups -OCH3 is 2. The zero-order valence-corrected chi connectivity index (χ0v) is 9.50. The molecule has 0 atom stereocenters. The molecule has 82 valence electrons. The van der Waals surface area contributed by atoms with Crippen molar-refractivity contribution in [2.45, 2.75) is 6.92 Å². The van der Waals surface area contributed by atoms with Crippen LogP contribution in [0.2, 0.25) is 0 Å². The summed E-state index contributed by atoms with van der Waals surface area (Å²) >= 11 is 0. The highest BCUT2D eigenvalue weighted by atomic mass is 31.2. The Balaban J connectivity index is 4.40. The summed E-state index contributed by atoms with van der Waals surface area (Å²) in [6, 6.07) is 0. The largest absolute Gasteiger partial charge is 0.469 e. The summed E-state index contributed by atoms with van der Waals surface area (Å²) in [5.41, 5.74) is 0. The molecule has 0 heterocycles. The molecule has 0 rings (SSSR count). The van der Waals surface area contributed by atoms with Crippen molar-refractivity contribution in [3.05, 3.63) is 0 Å². The summed E-state index contributed by atoms with van der Waals surface area (Å²) in [6.45, 7) is 1.67. The fraction of sp³-hybridized carbons (Fsp3) is 0.750. The number of hydrogen-bond donors (Lipinski definition) is 0. The molecule has 0 fully saturated rings. The van der Waals surface area contributed by atoms with Gasteiger partial charge in [0.1, 0.15) is 7.14 Å². The molecule has 0 aliphatic rings. The first-order chi connectivity index (χ1) is 6.47. The first-order valence-corrected chi connectivity index (χ1v) is 6.44. The lowest BCUT2D eigenvalue weighted by Crippen LogP contribution is -2.15. The Kier molecular flexibility index (Phi) is 5.46. The van der Waals surface area contributed by atoms with Crippen LogP contribution in [0.3, 0.4) is 0 Å². The van der Waals surface area contributed by atoms with Crippen molar-refractivity contribution in [3.8, 4) is 0 Å². The van der Waals surface area contributed by atoms with Crippen LogP contribution in [-0.2, 0) is 23.6 Å². The SMILES string of the molecule is CCP(=O)(CC(=O)OC)CC(=O)OC. The minimum atomic E-state index is -2.79. The predicted molar refractivity (Wildman–Crippen MR) is 51.9 cm³/mol. The Bertz CT molecular complexity index is 238. The Morgan fingerprint density at radius 2 is 1.43 bits per heavy atom. The summed E-state index contributed by atoms with van der Waals surface area (Å²) in [4.78, 5) is 21.8. The monoisotopic (exact) mass is 222 g/mol. The van der Waals surface area contributed by atoms with Crippen LogP contribution in [0.4, 0.5) is 0 Å². The molecule has 0 spiro atoms. The van der Waals surface area contributed by atoms with Gasteiger partial charge in [-0.05, 0) is 6.16 Å². The van der Waals surface area contributed by atoms with E-state index in [9.17, 15) is 14.2 Å². The molecule has 0 saturated heterocycles. The van der Waals surface area contributed by atoms with E-state index in [0.29, 0.717) is 0 Å². The molecule has 5 nitrogen and oxygen atoms in total. The molecule has 0 amide bonds. The third kappa shape index (κ3) is 4.42. The van der Waals surface area contributed by atoms with Crippen LogP contribution in [0.1, 0.15) is 6.92 Å². The van der Waals surface area contributed by atoms with Crippen molar-refractivity contribution in [2.24, 2.45) is 0 Å². The summed E-state index contributed by atoms with van der Waals surface area (Å²) in [5, 5.41) is 0. The first-order valence-electron chi connectivity index (χ1n) is 4.18. The van der Waals surface area contributed by atoms with Crippen LogP contribution in [-0.4, -0.2) is 44.6 Å². The van der Waals surface area contributed by atoms with E-state index in [4.69, 9.17) is 0 Å². The maximum absolute atomic E-state index is 11.9. The van der Waals surface area contributed by atoms with Crippen molar-refractivity contribution in [2.75, 3.05) is 32.7 Å². The van der Waals surface area contributed by atoms with Crippen LogP contribution in [0.5, 0.6) is 0 Å². The number of carbonyl (C=O) groups is 2. The fourth-order valence-electron chi connectivity index (χ4n) is 0.879. The smallest absolute Gasteiger partial charge is 0.312 e. The lowest BCUT2D eigenvalue weighted by atomic mass is 10.8. The summed E-state index contributed by atoms with van der Waals surface area (Å²) in [5.74, 6) is -1.11. The molecular weight excluding hydrogens is 207 g/mol. The molecule has 0 N–H and O–H groups in total. The summed E-state index contributed by atoms with van der Waals surface area (Å²) in [6.07, 6.45) is -0.110. The number of ether oxygens (including phenoxy) is 2. The second-order valence-electron chi connectivity index (χ2n) is 2.84. The van der Waals surface area contributed by atoms with E-state index in [1.165, 1.54) is 14.2 Å². The van der Waals surface area contributed by atoms with E-state index in [0.717, 1.165) is 0 Å². The number of carbonyl (C=O) groups excluding carboxylic acids is 2. The highest BCUT2D eigenvalue weighted by Crippen LogP contribution is 2.44.